The van der Waals surface area contributed by atoms with E-state index < -0.39 is 0 Å². The topological polar surface area (TPSA) is 51.2 Å². The third-order valence-corrected chi connectivity index (χ3v) is 3.88. The van der Waals surface area contributed by atoms with Gasteiger partial charge in [-0.05, 0) is 19.3 Å². The van der Waals surface area contributed by atoms with Crippen LogP contribution in [0.3, 0.4) is 0 Å². The largest absolute Gasteiger partial charge is 0.461 e. The molecule has 0 aromatic carbocycles. The minimum atomic E-state index is -0.333. The standard InChI is InChI=1S/C12H18N2O2S/c1-2-16-12(15)10-11(17-8-14-10)13-7-6-9-4-3-5-9/h8-9,13H,2-7H2,1H3. The molecule has 1 heterocycles. The minimum Gasteiger partial charge on any atom is -0.461 e. The summed E-state index contributed by atoms with van der Waals surface area (Å²) in [6.07, 6.45) is 5.27. The first-order chi connectivity index (χ1) is 8.31. The number of esters is 1. The maximum atomic E-state index is 11.6. The molecule has 0 bridgehead atoms. The van der Waals surface area contributed by atoms with Gasteiger partial charge in [0, 0.05) is 6.54 Å². The maximum Gasteiger partial charge on any atom is 0.360 e. The van der Waals surface area contributed by atoms with Crippen LogP contribution in [0.25, 0.3) is 0 Å². The summed E-state index contributed by atoms with van der Waals surface area (Å²) >= 11 is 1.46. The normalized spacial score (nSPS) is 15.4. The van der Waals surface area contributed by atoms with E-state index in [9.17, 15) is 4.79 Å². The van der Waals surface area contributed by atoms with Gasteiger partial charge in [0.05, 0.1) is 12.1 Å². The number of nitrogens with one attached hydrogen (secondary N) is 1. The molecule has 0 atom stereocenters. The number of hydrogen-bond acceptors (Lipinski definition) is 5. The van der Waals surface area contributed by atoms with Gasteiger partial charge in [0.1, 0.15) is 5.00 Å². The van der Waals surface area contributed by atoms with Gasteiger partial charge in [-0.2, -0.15) is 0 Å². The highest BCUT2D eigenvalue weighted by Gasteiger charge is 2.18. The van der Waals surface area contributed by atoms with Gasteiger partial charge in [-0.3, -0.25) is 0 Å². The predicted octanol–water partition coefficient (Wildman–Crippen LogP) is 2.92. The number of anilines is 1. The van der Waals surface area contributed by atoms with E-state index in [2.05, 4.69) is 10.3 Å². The number of hydrogen-bond donors (Lipinski definition) is 1. The third kappa shape index (κ3) is 3.19. The van der Waals surface area contributed by atoms with Crippen LogP contribution in [0, 0.1) is 5.92 Å². The van der Waals surface area contributed by atoms with Crippen LogP contribution in [-0.4, -0.2) is 24.1 Å². The van der Waals surface area contributed by atoms with Crippen molar-refractivity contribution in [3.63, 3.8) is 0 Å². The van der Waals surface area contributed by atoms with Crippen LogP contribution in [-0.2, 0) is 4.74 Å². The Hall–Kier alpha value is -1.10. The molecule has 94 valence electrons. The van der Waals surface area contributed by atoms with Crippen molar-refractivity contribution in [1.29, 1.82) is 0 Å². The van der Waals surface area contributed by atoms with Crippen molar-refractivity contribution in [3.05, 3.63) is 11.2 Å². The highest BCUT2D eigenvalue weighted by Crippen LogP contribution is 2.29. The second-order valence-electron chi connectivity index (χ2n) is 4.26. The number of ether oxygens (including phenoxy) is 1. The summed E-state index contributed by atoms with van der Waals surface area (Å²) in [5.41, 5.74) is 2.10. The molecule has 5 heteroatoms. The van der Waals surface area contributed by atoms with Crippen molar-refractivity contribution < 1.29 is 9.53 Å². The van der Waals surface area contributed by atoms with E-state index in [0.29, 0.717) is 12.3 Å². The quantitative estimate of drug-likeness (QED) is 0.793. The zero-order valence-electron chi connectivity index (χ0n) is 10.1. The van der Waals surface area contributed by atoms with Crippen molar-refractivity contribution in [3.8, 4) is 0 Å². The zero-order valence-corrected chi connectivity index (χ0v) is 10.9. The van der Waals surface area contributed by atoms with E-state index in [1.807, 2.05) is 0 Å². The molecule has 0 saturated heterocycles. The first kappa shape index (κ1) is 12.4. The van der Waals surface area contributed by atoms with E-state index in [0.717, 1.165) is 17.5 Å². The summed E-state index contributed by atoms with van der Waals surface area (Å²) in [4.78, 5) is 15.6. The fourth-order valence-electron chi connectivity index (χ4n) is 1.89. The Morgan fingerprint density at radius 3 is 3.12 bits per heavy atom. The van der Waals surface area contributed by atoms with Crippen LogP contribution >= 0.6 is 11.3 Å². The van der Waals surface area contributed by atoms with Gasteiger partial charge in [-0.1, -0.05) is 19.3 Å². The summed E-state index contributed by atoms with van der Waals surface area (Å²) < 4.78 is 4.95. The van der Waals surface area contributed by atoms with Crippen molar-refractivity contribution in [1.82, 2.24) is 4.98 Å². The van der Waals surface area contributed by atoms with Gasteiger partial charge in [-0.25, -0.2) is 9.78 Å². The second kappa shape index (κ2) is 6.00. The number of aromatic nitrogens is 1. The molecule has 1 aliphatic carbocycles. The highest BCUT2D eigenvalue weighted by molar-refractivity contribution is 7.14. The smallest absolute Gasteiger partial charge is 0.360 e. The average molecular weight is 254 g/mol. The van der Waals surface area contributed by atoms with Crippen molar-refractivity contribution in [2.45, 2.75) is 32.6 Å². The molecule has 0 spiro atoms. The lowest BCUT2D eigenvalue weighted by Crippen LogP contribution is -2.16. The first-order valence-corrected chi connectivity index (χ1v) is 7.03. The molecule has 1 fully saturated rings. The molecule has 1 saturated carbocycles. The average Bonchev–Trinajstić information content (AvgIpc) is 2.70. The molecule has 1 aromatic heterocycles. The Morgan fingerprint density at radius 2 is 2.47 bits per heavy atom. The maximum absolute atomic E-state index is 11.6. The van der Waals surface area contributed by atoms with E-state index in [4.69, 9.17) is 4.74 Å². The lowest BCUT2D eigenvalue weighted by molar-refractivity contribution is 0.0521. The zero-order chi connectivity index (χ0) is 12.1. The molecule has 0 radical (unpaired) electrons. The summed E-state index contributed by atoms with van der Waals surface area (Å²) in [6.45, 7) is 3.10. The first-order valence-electron chi connectivity index (χ1n) is 6.15. The van der Waals surface area contributed by atoms with Crippen LogP contribution < -0.4 is 5.32 Å². The fraction of sp³-hybridized carbons (Fsp3) is 0.667. The molecular weight excluding hydrogens is 236 g/mol. The van der Waals surface area contributed by atoms with Gasteiger partial charge in [0.2, 0.25) is 0 Å². The SMILES string of the molecule is CCOC(=O)c1ncsc1NCCC1CCC1. The van der Waals surface area contributed by atoms with Crippen LogP contribution in [0.1, 0.15) is 43.1 Å². The van der Waals surface area contributed by atoms with Gasteiger partial charge < -0.3 is 10.1 Å². The highest BCUT2D eigenvalue weighted by atomic mass is 32.1. The molecule has 1 aromatic rings. The summed E-state index contributed by atoms with van der Waals surface area (Å²) in [5.74, 6) is 0.543. The van der Waals surface area contributed by atoms with Crippen LogP contribution in [0.5, 0.6) is 0 Å². The van der Waals surface area contributed by atoms with Crippen molar-refractivity contribution in [2.75, 3.05) is 18.5 Å². The molecule has 2 rings (SSSR count). The Labute approximate surface area is 105 Å². The number of rotatable bonds is 6. The Morgan fingerprint density at radius 1 is 1.65 bits per heavy atom. The van der Waals surface area contributed by atoms with Gasteiger partial charge in [0.25, 0.3) is 0 Å². The molecule has 4 nitrogen and oxygen atoms in total. The van der Waals surface area contributed by atoms with Gasteiger partial charge in [0.15, 0.2) is 5.69 Å². The Kier molecular flexibility index (Phi) is 4.36. The number of thiazole rings is 1. The molecule has 17 heavy (non-hydrogen) atoms. The van der Waals surface area contributed by atoms with Crippen molar-refractivity contribution in [2.24, 2.45) is 5.92 Å². The van der Waals surface area contributed by atoms with E-state index in [1.165, 1.54) is 37.0 Å². The predicted molar refractivity (Wildman–Crippen MR) is 68.5 cm³/mol. The minimum absolute atomic E-state index is 0.333. The number of carbonyl (C=O) groups excluding carboxylic acids is 1. The van der Waals surface area contributed by atoms with Crippen LogP contribution in [0.4, 0.5) is 5.00 Å². The molecule has 1 N–H and O–H groups in total. The van der Waals surface area contributed by atoms with E-state index in [1.54, 1.807) is 12.4 Å². The lowest BCUT2D eigenvalue weighted by atomic mass is 9.83. The van der Waals surface area contributed by atoms with Crippen LogP contribution in [0.15, 0.2) is 5.51 Å². The van der Waals surface area contributed by atoms with E-state index in [-0.39, 0.29) is 5.97 Å². The Bertz CT molecular complexity index is 374. The number of nitrogens with zero attached hydrogens (tertiary/aromatic N) is 1. The lowest BCUT2D eigenvalue weighted by Gasteiger charge is -2.25. The summed E-state index contributed by atoms with van der Waals surface area (Å²) in [5, 5.41) is 4.12. The third-order valence-electron chi connectivity index (χ3n) is 3.10. The second-order valence-corrected chi connectivity index (χ2v) is 5.12. The van der Waals surface area contributed by atoms with E-state index >= 15 is 0 Å². The Balaban J connectivity index is 1.82. The van der Waals surface area contributed by atoms with Gasteiger partial charge >= 0.3 is 5.97 Å². The summed E-state index contributed by atoms with van der Waals surface area (Å²) in [6, 6.07) is 0. The van der Waals surface area contributed by atoms with Crippen molar-refractivity contribution >= 4 is 22.3 Å². The molecule has 0 aliphatic heterocycles. The van der Waals surface area contributed by atoms with Gasteiger partial charge in [-0.15, -0.1) is 11.3 Å². The molecular formula is C12H18N2O2S. The van der Waals surface area contributed by atoms with Crippen LogP contribution in [0.2, 0.25) is 0 Å². The number of carbonyl (C=O) groups is 1. The monoisotopic (exact) mass is 254 g/mol. The fourth-order valence-corrected chi connectivity index (χ4v) is 2.58. The molecule has 0 amide bonds. The summed E-state index contributed by atoms with van der Waals surface area (Å²) in [7, 11) is 0. The molecule has 1 aliphatic rings. The molecule has 0 unspecified atom stereocenters.